The Balaban J connectivity index is 2.48. The van der Waals surface area contributed by atoms with Crippen LogP contribution in [0.1, 0.15) is 5.82 Å². The summed E-state index contributed by atoms with van der Waals surface area (Å²) in [6.07, 6.45) is -1.35. The predicted octanol–water partition coefficient (Wildman–Crippen LogP) is 2.30. The van der Waals surface area contributed by atoms with E-state index >= 15 is 0 Å². The van der Waals surface area contributed by atoms with Gasteiger partial charge in [0.25, 0.3) is 0 Å². The van der Waals surface area contributed by atoms with Crippen LogP contribution in [0.4, 0.5) is 13.2 Å². The normalized spacial score (nSPS) is 12.3. The number of aromatic nitrogens is 3. The lowest BCUT2D eigenvalue weighted by Crippen LogP contribution is -2.17. The van der Waals surface area contributed by atoms with Gasteiger partial charge in [-0.25, -0.2) is 9.97 Å². The molecule has 2 aromatic rings. The third kappa shape index (κ3) is 2.08. The summed E-state index contributed by atoms with van der Waals surface area (Å²) in [5.74, 6) is 0.463. The average molecular weight is 215 g/mol. The standard InChI is InChI=1S/C9H8F3N3/c1-6-13-4-7-2-3-15(8(7)14-6)5-9(10,11)12/h2-4H,5H2,1H3. The Morgan fingerprint density at radius 3 is 2.80 bits per heavy atom. The van der Waals surface area contributed by atoms with Crippen LogP contribution in [0.3, 0.4) is 0 Å². The van der Waals surface area contributed by atoms with E-state index in [2.05, 4.69) is 9.97 Å². The zero-order valence-corrected chi connectivity index (χ0v) is 7.91. The number of hydrogen-bond acceptors (Lipinski definition) is 2. The number of alkyl halides is 3. The Kier molecular flexibility index (Phi) is 2.13. The zero-order chi connectivity index (χ0) is 11.1. The second-order valence-electron chi connectivity index (χ2n) is 3.25. The van der Waals surface area contributed by atoms with E-state index in [0.717, 1.165) is 4.57 Å². The van der Waals surface area contributed by atoms with Gasteiger partial charge in [0, 0.05) is 17.8 Å². The summed E-state index contributed by atoms with van der Waals surface area (Å²) in [4.78, 5) is 7.88. The van der Waals surface area contributed by atoms with Crippen LogP contribution in [-0.4, -0.2) is 20.7 Å². The topological polar surface area (TPSA) is 30.7 Å². The van der Waals surface area contributed by atoms with E-state index in [-0.39, 0.29) is 0 Å². The number of hydrogen-bond donors (Lipinski definition) is 0. The quantitative estimate of drug-likeness (QED) is 0.730. The first kappa shape index (κ1) is 9.95. The highest BCUT2D eigenvalue weighted by molar-refractivity contribution is 5.74. The summed E-state index contributed by atoms with van der Waals surface area (Å²) >= 11 is 0. The van der Waals surface area contributed by atoms with Crippen LogP contribution in [0.5, 0.6) is 0 Å². The molecule has 80 valence electrons. The fourth-order valence-corrected chi connectivity index (χ4v) is 1.38. The molecule has 0 radical (unpaired) electrons. The zero-order valence-electron chi connectivity index (χ0n) is 7.91. The lowest BCUT2D eigenvalue weighted by atomic mass is 10.4. The molecule has 0 aliphatic heterocycles. The van der Waals surface area contributed by atoms with Gasteiger partial charge in [-0.3, -0.25) is 0 Å². The van der Waals surface area contributed by atoms with Gasteiger partial charge in [0.15, 0.2) is 0 Å². The van der Waals surface area contributed by atoms with E-state index in [0.29, 0.717) is 16.9 Å². The van der Waals surface area contributed by atoms with E-state index in [1.807, 2.05) is 0 Å². The molecule has 0 saturated heterocycles. The maximum absolute atomic E-state index is 12.2. The van der Waals surface area contributed by atoms with E-state index in [1.165, 1.54) is 12.4 Å². The molecule has 0 saturated carbocycles. The molecule has 2 rings (SSSR count). The minimum absolute atomic E-state index is 0.319. The SMILES string of the molecule is Cc1ncc2ccn(CC(F)(F)F)c2n1. The molecule has 3 nitrogen and oxygen atoms in total. The van der Waals surface area contributed by atoms with Crippen molar-refractivity contribution in [3.63, 3.8) is 0 Å². The van der Waals surface area contributed by atoms with Crippen molar-refractivity contribution in [1.82, 2.24) is 14.5 Å². The summed E-state index contributed by atoms with van der Waals surface area (Å²) in [7, 11) is 0. The molecule has 0 amide bonds. The first-order chi connectivity index (χ1) is 6.96. The molecule has 15 heavy (non-hydrogen) atoms. The number of aryl methyl sites for hydroxylation is 1. The molecule has 2 heterocycles. The van der Waals surface area contributed by atoms with Crippen molar-refractivity contribution in [2.24, 2.45) is 0 Å². The highest BCUT2D eigenvalue weighted by Crippen LogP contribution is 2.21. The van der Waals surface area contributed by atoms with Crippen molar-refractivity contribution in [2.75, 3.05) is 0 Å². The molecule has 0 aliphatic rings. The van der Waals surface area contributed by atoms with Crippen LogP contribution in [0.15, 0.2) is 18.5 Å². The Morgan fingerprint density at radius 2 is 2.13 bits per heavy atom. The van der Waals surface area contributed by atoms with Gasteiger partial charge >= 0.3 is 6.18 Å². The van der Waals surface area contributed by atoms with Crippen LogP contribution in [-0.2, 0) is 6.54 Å². The highest BCUT2D eigenvalue weighted by atomic mass is 19.4. The van der Waals surface area contributed by atoms with Gasteiger partial charge in [-0.15, -0.1) is 0 Å². The molecule has 0 N–H and O–H groups in total. The second-order valence-corrected chi connectivity index (χ2v) is 3.25. The van der Waals surface area contributed by atoms with Crippen LogP contribution in [0.2, 0.25) is 0 Å². The summed E-state index contributed by atoms with van der Waals surface area (Å²) in [6, 6.07) is 1.57. The van der Waals surface area contributed by atoms with Gasteiger partial charge in [0.1, 0.15) is 18.0 Å². The summed E-state index contributed by atoms with van der Waals surface area (Å²) < 4.78 is 37.6. The third-order valence-electron chi connectivity index (χ3n) is 1.97. The Morgan fingerprint density at radius 1 is 1.40 bits per heavy atom. The van der Waals surface area contributed by atoms with E-state index in [9.17, 15) is 13.2 Å². The third-order valence-corrected chi connectivity index (χ3v) is 1.97. The minimum atomic E-state index is -4.23. The number of fused-ring (bicyclic) bond motifs is 1. The van der Waals surface area contributed by atoms with Crippen molar-refractivity contribution in [3.8, 4) is 0 Å². The largest absolute Gasteiger partial charge is 0.406 e. The first-order valence-electron chi connectivity index (χ1n) is 4.31. The summed E-state index contributed by atoms with van der Waals surface area (Å²) in [5, 5.41) is 0.616. The van der Waals surface area contributed by atoms with E-state index in [4.69, 9.17) is 0 Å². The van der Waals surface area contributed by atoms with Gasteiger partial charge in [-0.05, 0) is 13.0 Å². The maximum Gasteiger partial charge on any atom is 0.406 e. The number of rotatable bonds is 1. The van der Waals surface area contributed by atoms with Crippen molar-refractivity contribution >= 4 is 11.0 Å². The molecule has 0 aromatic carbocycles. The number of nitrogens with zero attached hydrogens (tertiary/aromatic N) is 3. The Labute approximate surface area is 83.6 Å². The fraction of sp³-hybridized carbons (Fsp3) is 0.333. The van der Waals surface area contributed by atoms with E-state index in [1.54, 1.807) is 13.0 Å². The molecule has 0 bridgehead atoms. The molecule has 0 atom stereocenters. The van der Waals surface area contributed by atoms with Crippen molar-refractivity contribution in [3.05, 3.63) is 24.3 Å². The molecular weight excluding hydrogens is 207 g/mol. The highest BCUT2D eigenvalue weighted by Gasteiger charge is 2.28. The van der Waals surface area contributed by atoms with Gasteiger partial charge in [-0.1, -0.05) is 0 Å². The van der Waals surface area contributed by atoms with Gasteiger partial charge < -0.3 is 4.57 Å². The maximum atomic E-state index is 12.2. The van der Waals surface area contributed by atoms with Gasteiger partial charge in [0.05, 0.1) is 0 Å². The summed E-state index contributed by atoms with van der Waals surface area (Å²) in [6.45, 7) is 0.622. The molecule has 0 fully saturated rings. The Bertz CT molecular complexity index is 487. The molecular formula is C9H8F3N3. The van der Waals surface area contributed by atoms with Crippen LogP contribution in [0, 0.1) is 6.92 Å². The molecule has 6 heteroatoms. The van der Waals surface area contributed by atoms with Crippen LogP contribution < -0.4 is 0 Å². The smallest absolute Gasteiger partial charge is 0.323 e. The molecule has 0 spiro atoms. The van der Waals surface area contributed by atoms with Gasteiger partial charge in [0.2, 0.25) is 0 Å². The van der Waals surface area contributed by atoms with Crippen molar-refractivity contribution < 1.29 is 13.2 Å². The monoisotopic (exact) mass is 215 g/mol. The Hall–Kier alpha value is -1.59. The predicted molar refractivity (Wildman–Crippen MR) is 48.3 cm³/mol. The lowest BCUT2D eigenvalue weighted by Gasteiger charge is -2.08. The minimum Gasteiger partial charge on any atom is -0.323 e. The average Bonchev–Trinajstić information content (AvgIpc) is 2.46. The van der Waals surface area contributed by atoms with Gasteiger partial charge in [-0.2, -0.15) is 13.2 Å². The van der Waals surface area contributed by atoms with E-state index < -0.39 is 12.7 Å². The lowest BCUT2D eigenvalue weighted by molar-refractivity contribution is -0.139. The molecule has 0 unspecified atom stereocenters. The van der Waals surface area contributed by atoms with Crippen LogP contribution >= 0.6 is 0 Å². The number of halogens is 3. The second kappa shape index (κ2) is 3.22. The molecule has 0 aliphatic carbocycles. The van der Waals surface area contributed by atoms with Crippen molar-refractivity contribution in [2.45, 2.75) is 19.6 Å². The molecule has 2 aromatic heterocycles. The fourth-order valence-electron chi connectivity index (χ4n) is 1.38. The van der Waals surface area contributed by atoms with Crippen molar-refractivity contribution in [1.29, 1.82) is 0 Å². The first-order valence-corrected chi connectivity index (χ1v) is 4.31. The summed E-state index contributed by atoms with van der Waals surface area (Å²) in [5.41, 5.74) is 0.319. The van der Waals surface area contributed by atoms with Crippen LogP contribution in [0.25, 0.3) is 11.0 Å².